The molecule has 0 amide bonds. The summed E-state index contributed by atoms with van der Waals surface area (Å²) < 4.78 is 51.6. The molecule has 0 spiro atoms. The van der Waals surface area contributed by atoms with Gasteiger partial charge < -0.3 is 5.11 Å². The highest BCUT2D eigenvalue weighted by Gasteiger charge is 2.21. The number of sulfonamides is 1. The van der Waals surface area contributed by atoms with Gasteiger partial charge in [-0.25, -0.2) is 21.9 Å². The fraction of sp³-hybridized carbons (Fsp3) is 0.455. The van der Waals surface area contributed by atoms with E-state index in [-0.39, 0.29) is 6.54 Å². The van der Waals surface area contributed by atoms with E-state index in [2.05, 4.69) is 0 Å². The van der Waals surface area contributed by atoms with Gasteiger partial charge in [0.25, 0.3) is 0 Å². The van der Waals surface area contributed by atoms with Crippen LogP contribution in [0.4, 0.5) is 8.78 Å². The zero-order chi connectivity index (χ0) is 13.8. The zero-order valence-corrected chi connectivity index (χ0v) is 10.7. The molecule has 4 nitrogen and oxygen atoms in total. The third kappa shape index (κ3) is 3.72. The Kier molecular flexibility index (Phi) is 5.18. The van der Waals surface area contributed by atoms with Crippen LogP contribution in [0.1, 0.15) is 19.8 Å². The standard InChI is InChI=1S/C11H15F2NO3S/c1-2-4-8(15)7-14-18(16,17)10-6-3-5-9(12)11(10)13/h3,5-6,8,14-15H,2,4,7H2,1H3. The molecule has 1 rings (SSSR count). The molecular formula is C11H15F2NO3S. The molecule has 2 N–H and O–H groups in total. The van der Waals surface area contributed by atoms with E-state index in [4.69, 9.17) is 0 Å². The molecule has 0 aromatic heterocycles. The van der Waals surface area contributed by atoms with Crippen molar-refractivity contribution in [3.05, 3.63) is 29.8 Å². The second kappa shape index (κ2) is 6.21. The van der Waals surface area contributed by atoms with E-state index in [1.165, 1.54) is 0 Å². The lowest BCUT2D eigenvalue weighted by Crippen LogP contribution is -2.32. The maximum atomic E-state index is 13.3. The molecule has 0 bridgehead atoms. The molecule has 0 heterocycles. The van der Waals surface area contributed by atoms with Crippen molar-refractivity contribution in [3.8, 4) is 0 Å². The van der Waals surface area contributed by atoms with Crippen molar-refractivity contribution in [2.75, 3.05) is 6.54 Å². The summed E-state index contributed by atoms with van der Waals surface area (Å²) in [5.74, 6) is -2.65. The summed E-state index contributed by atoms with van der Waals surface area (Å²) in [7, 11) is -4.15. The Morgan fingerprint density at radius 3 is 2.67 bits per heavy atom. The van der Waals surface area contributed by atoms with Crippen LogP contribution >= 0.6 is 0 Å². The summed E-state index contributed by atoms with van der Waals surface area (Å²) in [5, 5.41) is 9.39. The maximum Gasteiger partial charge on any atom is 0.243 e. The molecule has 0 saturated carbocycles. The van der Waals surface area contributed by atoms with Crippen LogP contribution in [0, 0.1) is 11.6 Å². The molecule has 7 heteroatoms. The van der Waals surface area contributed by atoms with Gasteiger partial charge in [0, 0.05) is 6.54 Å². The van der Waals surface area contributed by atoms with Crippen LogP contribution in [-0.4, -0.2) is 26.2 Å². The van der Waals surface area contributed by atoms with E-state index in [9.17, 15) is 22.3 Å². The third-order valence-corrected chi connectivity index (χ3v) is 3.78. The summed E-state index contributed by atoms with van der Waals surface area (Å²) in [6.45, 7) is 1.61. The minimum atomic E-state index is -4.15. The average Bonchev–Trinajstić information content (AvgIpc) is 2.30. The monoisotopic (exact) mass is 279 g/mol. The van der Waals surface area contributed by atoms with Crippen molar-refractivity contribution in [1.29, 1.82) is 0 Å². The highest BCUT2D eigenvalue weighted by Crippen LogP contribution is 2.16. The molecule has 0 saturated heterocycles. The van der Waals surface area contributed by atoms with Crippen molar-refractivity contribution in [2.24, 2.45) is 0 Å². The fourth-order valence-corrected chi connectivity index (χ4v) is 2.57. The quantitative estimate of drug-likeness (QED) is 0.827. The summed E-state index contributed by atoms with van der Waals surface area (Å²) in [5.41, 5.74) is 0. The first-order valence-electron chi connectivity index (χ1n) is 5.50. The third-order valence-electron chi connectivity index (χ3n) is 2.34. The Hall–Kier alpha value is -1.05. The van der Waals surface area contributed by atoms with Gasteiger partial charge in [-0.05, 0) is 18.6 Å². The van der Waals surface area contributed by atoms with Crippen LogP contribution < -0.4 is 4.72 Å². The second-order valence-corrected chi connectivity index (χ2v) is 5.58. The number of aliphatic hydroxyl groups excluding tert-OH is 1. The van der Waals surface area contributed by atoms with Crippen LogP contribution in [0.2, 0.25) is 0 Å². The van der Waals surface area contributed by atoms with E-state index in [1.807, 2.05) is 11.6 Å². The first-order valence-corrected chi connectivity index (χ1v) is 6.98. The van der Waals surface area contributed by atoms with Gasteiger partial charge in [-0.2, -0.15) is 0 Å². The highest BCUT2D eigenvalue weighted by atomic mass is 32.2. The van der Waals surface area contributed by atoms with Gasteiger partial charge in [0.1, 0.15) is 4.90 Å². The first-order chi connectivity index (χ1) is 8.38. The molecule has 102 valence electrons. The maximum absolute atomic E-state index is 13.3. The molecule has 1 aromatic rings. The topological polar surface area (TPSA) is 66.4 Å². The van der Waals surface area contributed by atoms with Gasteiger partial charge >= 0.3 is 0 Å². The van der Waals surface area contributed by atoms with Crippen LogP contribution in [0.3, 0.4) is 0 Å². The van der Waals surface area contributed by atoms with Crippen molar-refractivity contribution in [2.45, 2.75) is 30.8 Å². The smallest absolute Gasteiger partial charge is 0.243 e. The van der Waals surface area contributed by atoms with Crippen LogP contribution in [-0.2, 0) is 10.0 Å². The van der Waals surface area contributed by atoms with E-state index in [0.29, 0.717) is 12.8 Å². The van der Waals surface area contributed by atoms with E-state index in [0.717, 1.165) is 18.2 Å². The molecule has 1 unspecified atom stereocenters. The summed E-state index contributed by atoms with van der Waals surface area (Å²) in [6, 6.07) is 2.91. The van der Waals surface area contributed by atoms with Crippen LogP contribution in [0.15, 0.2) is 23.1 Å². The van der Waals surface area contributed by atoms with Crippen LogP contribution in [0.5, 0.6) is 0 Å². The van der Waals surface area contributed by atoms with E-state index < -0.39 is 32.7 Å². The molecule has 1 atom stereocenters. The fourth-order valence-electron chi connectivity index (χ4n) is 1.41. The minimum absolute atomic E-state index is 0.230. The van der Waals surface area contributed by atoms with Gasteiger partial charge in [-0.3, -0.25) is 0 Å². The highest BCUT2D eigenvalue weighted by molar-refractivity contribution is 7.89. The Bertz CT molecular complexity index is 505. The van der Waals surface area contributed by atoms with Gasteiger partial charge in [0.2, 0.25) is 10.0 Å². The lowest BCUT2D eigenvalue weighted by Gasteiger charge is -2.11. The van der Waals surface area contributed by atoms with Gasteiger partial charge in [-0.15, -0.1) is 0 Å². The Morgan fingerprint density at radius 2 is 2.06 bits per heavy atom. The Balaban J connectivity index is 2.84. The van der Waals surface area contributed by atoms with E-state index >= 15 is 0 Å². The number of aliphatic hydroxyl groups is 1. The summed E-state index contributed by atoms with van der Waals surface area (Å²) in [4.78, 5) is -0.758. The van der Waals surface area contributed by atoms with Crippen LogP contribution in [0.25, 0.3) is 0 Å². The predicted octanol–water partition coefficient (Wildman–Crippen LogP) is 1.40. The normalized spacial score (nSPS) is 13.6. The minimum Gasteiger partial charge on any atom is -0.392 e. The van der Waals surface area contributed by atoms with E-state index in [1.54, 1.807) is 0 Å². The molecule has 1 aromatic carbocycles. The molecule has 0 radical (unpaired) electrons. The molecular weight excluding hydrogens is 264 g/mol. The average molecular weight is 279 g/mol. The number of nitrogens with one attached hydrogen (secondary N) is 1. The van der Waals surface area contributed by atoms with Crippen molar-refractivity contribution >= 4 is 10.0 Å². The molecule has 0 aliphatic heterocycles. The summed E-state index contributed by atoms with van der Waals surface area (Å²) >= 11 is 0. The van der Waals surface area contributed by atoms with Crippen molar-refractivity contribution in [1.82, 2.24) is 4.72 Å². The predicted molar refractivity (Wildman–Crippen MR) is 62.5 cm³/mol. The SMILES string of the molecule is CCCC(O)CNS(=O)(=O)c1cccc(F)c1F. The molecule has 0 fully saturated rings. The largest absolute Gasteiger partial charge is 0.392 e. The number of hydrogen-bond donors (Lipinski definition) is 2. The second-order valence-electron chi connectivity index (χ2n) is 3.85. The zero-order valence-electron chi connectivity index (χ0n) is 9.86. The van der Waals surface area contributed by atoms with Crippen molar-refractivity contribution < 1.29 is 22.3 Å². The molecule has 18 heavy (non-hydrogen) atoms. The molecule has 0 aliphatic carbocycles. The Labute approximate surface area is 105 Å². The molecule has 0 aliphatic rings. The number of benzene rings is 1. The van der Waals surface area contributed by atoms with Gasteiger partial charge in [-0.1, -0.05) is 19.4 Å². The lowest BCUT2D eigenvalue weighted by atomic mass is 10.2. The number of halogens is 2. The first kappa shape index (κ1) is 15.0. The number of hydrogen-bond acceptors (Lipinski definition) is 3. The number of rotatable bonds is 6. The summed E-state index contributed by atoms with van der Waals surface area (Å²) in [6.07, 6.45) is 0.271. The Morgan fingerprint density at radius 1 is 1.39 bits per heavy atom. The van der Waals surface area contributed by atoms with Gasteiger partial charge in [0.05, 0.1) is 6.10 Å². The van der Waals surface area contributed by atoms with Gasteiger partial charge in [0.15, 0.2) is 11.6 Å². The lowest BCUT2D eigenvalue weighted by molar-refractivity contribution is 0.167. The van der Waals surface area contributed by atoms with Crippen molar-refractivity contribution in [3.63, 3.8) is 0 Å².